The number of benzene rings is 6. The average molecular weight is 725 g/mol. The molecule has 4 atom stereocenters. The first-order valence-corrected chi connectivity index (χ1v) is 20.6. The van der Waals surface area contributed by atoms with Crippen molar-refractivity contribution in [1.82, 2.24) is 9.80 Å². The third-order valence-corrected chi connectivity index (χ3v) is 12.9. The van der Waals surface area contributed by atoms with Gasteiger partial charge in [0.15, 0.2) is 0 Å². The zero-order chi connectivity index (χ0) is 35.7. The molecule has 2 aliphatic heterocycles. The summed E-state index contributed by atoms with van der Waals surface area (Å²) in [4.78, 5) is 4.90. The molecule has 0 unspecified atom stereocenters. The van der Waals surface area contributed by atoms with Crippen molar-refractivity contribution in [1.29, 1.82) is 0 Å². The Hall–Kier alpha value is -3.79. The second kappa shape index (κ2) is 18.7. The molecule has 2 aliphatic rings. The summed E-state index contributed by atoms with van der Waals surface area (Å²) in [6.07, 6.45) is -1.41. The Kier molecular flexibility index (Phi) is 13.3. The zero-order valence-corrected chi connectivity index (χ0v) is 32.1. The first-order valence-electron chi connectivity index (χ1n) is 18.7. The van der Waals surface area contributed by atoms with Gasteiger partial charge in [-0.25, -0.2) is 0 Å². The van der Waals surface area contributed by atoms with Gasteiger partial charge in [0.05, 0.1) is 0 Å². The summed E-state index contributed by atoms with van der Waals surface area (Å²) in [7, 11) is 0. The van der Waals surface area contributed by atoms with E-state index in [1.165, 1.54) is 11.1 Å². The molecule has 2 fully saturated rings. The minimum atomic E-state index is -4.45. The fourth-order valence-electron chi connectivity index (χ4n) is 7.60. The van der Waals surface area contributed by atoms with Crippen LogP contribution in [0.4, 0.5) is 0 Å². The van der Waals surface area contributed by atoms with Crippen LogP contribution in [0.5, 0.6) is 0 Å². The van der Waals surface area contributed by atoms with Gasteiger partial charge < -0.3 is 15.2 Å². The maximum atomic E-state index is 7.46. The maximum absolute atomic E-state index is 7.46. The molecule has 0 saturated carbocycles. The van der Waals surface area contributed by atoms with Gasteiger partial charge in [-0.3, -0.25) is 9.80 Å². The van der Waals surface area contributed by atoms with Gasteiger partial charge in [-0.15, -0.1) is 0 Å². The van der Waals surface area contributed by atoms with Gasteiger partial charge in [-0.1, -0.05) is 182 Å². The van der Waals surface area contributed by atoms with E-state index in [0.29, 0.717) is 26.2 Å². The number of hydrogen-bond acceptors (Lipinski definition) is 6. The van der Waals surface area contributed by atoms with Crippen LogP contribution in [0.15, 0.2) is 182 Å². The predicted octanol–water partition coefficient (Wildman–Crippen LogP) is 6.49. The van der Waals surface area contributed by atoms with E-state index >= 15 is 0 Å². The zero-order valence-electron chi connectivity index (χ0n) is 31.0. The van der Waals surface area contributed by atoms with Crippen LogP contribution in [0.3, 0.4) is 0 Å². The summed E-state index contributed by atoms with van der Waals surface area (Å²) in [6, 6.07) is 63.2. The minimum Gasteiger partial charge on any atom is -0.580 e. The molecule has 2 saturated heterocycles. The predicted molar refractivity (Wildman–Crippen MR) is 210 cm³/mol. The molecule has 8 rings (SSSR count). The fraction of sp³-hybridized carbons (Fsp3) is 0.217. The molecule has 6 nitrogen and oxygen atoms in total. The Bertz CT molecular complexity index is 1730. The molecule has 2 heterocycles. The number of nitrogens with zero attached hydrogens (tertiary/aromatic N) is 2. The average Bonchev–Trinajstić information content (AvgIpc) is 3.20. The molecule has 0 N–H and O–H groups in total. The Morgan fingerprint density at radius 2 is 0.574 bits per heavy atom. The topological polar surface area (TPSA) is 43.4 Å². The van der Waals surface area contributed by atoms with Crippen LogP contribution in [-0.4, -0.2) is 50.4 Å². The molecular formula is C46H46AlLiN2O4. The quantitative estimate of drug-likeness (QED) is 0.168. The third-order valence-electron chi connectivity index (χ3n) is 10.2. The van der Waals surface area contributed by atoms with Crippen molar-refractivity contribution in [3.63, 3.8) is 0 Å². The van der Waals surface area contributed by atoms with Crippen LogP contribution in [0, 0.1) is 0 Å². The summed E-state index contributed by atoms with van der Waals surface area (Å²) >= 11 is -4.45. The molecule has 1 spiro atoms. The molecular weight excluding hydrogens is 678 g/mol. The van der Waals surface area contributed by atoms with Crippen molar-refractivity contribution in [2.75, 3.05) is 26.2 Å². The molecule has 6 aromatic carbocycles. The molecule has 0 aliphatic carbocycles. The van der Waals surface area contributed by atoms with Gasteiger partial charge in [0.25, 0.3) is 0 Å². The van der Waals surface area contributed by atoms with Crippen LogP contribution in [-0.2, 0) is 28.2 Å². The molecule has 268 valence electrons. The van der Waals surface area contributed by atoms with Crippen molar-refractivity contribution < 1.29 is 34.0 Å². The Labute approximate surface area is 335 Å². The first kappa shape index (κ1) is 38.5. The van der Waals surface area contributed by atoms with Crippen molar-refractivity contribution in [3.8, 4) is 0 Å². The van der Waals surface area contributed by atoms with Crippen LogP contribution < -0.4 is 18.9 Å². The molecule has 8 heteroatoms. The van der Waals surface area contributed by atoms with E-state index in [2.05, 4.69) is 168 Å². The van der Waals surface area contributed by atoms with Crippen LogP contribution >= 0.6 is 0 Å². The monoisotopic (exact) mass is 724 g/mol. The van der Waals surface area contributed by atoms with E-state index in [0.717, 1.165) is 35.3 Å². The SMILES string of the molecule is [Li+].c1ccc(CN2C[C@H](c3ccccc3)[O][Al-]3([O][C@@H](c4ccccc4)C2)[O][C@@H](c2ccccc2)CN(Cc2ccccc2)C[C@H](c2ccccc2)[O]3)cc1. The molecule has 0 bridgehead atoms. The van der Waals surface area contributed by atoms with E-state index in [-0.39, 0.29) is 43.3 Å². The standard InChI is InChI=1S/2C23H23NO2.Al.Li/c2*25-22(20-12-6-2-7-13-20)17-24(16-19-10-4-1-5-11-19)18-23(26)21-14-8-3-9-15-21;;/h2*1-15,22-23H,16-18H2;;/q2*-2;+3;+1/t2*22-,23-;;/m11../s1. The van der Waals surface area contributed by atoms with Gasteiger partial charge in [0.1, 0.15) is 0 Å². The van der Waals surface area contributed by atoms with E-state index in [1.54, 1.807) is 0 Å². The van der Waals surface area contributed by atoms with Gasteiger partial charge >= 0.3 is 33.3 Å². The van der Waals surface area contributed by atoms with Crippen molar-refractivity contribution in [2.45, 2.75) is 37.5 Å². The third kappa shape index (κ3) is 9.89. The first-order chi connectivity index (χ1) is 26.2. The molecule has 6 aromatic rings. The number of hydrogen-bond donors (Lipinski definition) is 0. The number of rotatable bonds is 8. The van der Waals surface area contributed by atoms with Gasteiger partial charge in [0.2, 0.25) is 0 Å². The second-order valence-corrected chi connectivity index (χ2v) is 16.3. The normalized spacial score (nSPS) is 22.2. The molecule has 0 aromatic heterocycles. The fourth-order valence-corrected chi connectivity index (χ4v) is 10.6. The Morgan fingerprint density at radius 3 is 0.815 bits per heavy atom. The summed E-state index contributed by atoms with van der Waals surface area (Å²) in [6.45, 7) is 4.09. The summed E-state index contributed by atoms with van der Waals surface area (Å²) in [5, 5.41) is 0. The van der Waals surface area contributed by atoms with Crippen molar-refractivity contribution in [3.05, 3.63) is 215 Å². The Balaban J connectivity index is 0.00000450. The van der Waals surface area contributed by atoms with Crippen LogP contribution in [0.25, 0.3) is 0 Å². The smallest absolute Gasteiger partial charge is 0.580 e. The van der Waals surface area contributed by atoms with Gasteiger partial charge in [0, 0.05) is 63.7 Å². The van der Waals surface area contributed by atoms with Crippen molar-refractivity contribution >= 4 is 14.4 Å². The molecule has 0 amide bonds. The largest absolute Gasteiger partial charge is 1.00 e. The Morgan fingerprint density at radius 1 is 0.352 bits per heavy atom. The van der Waals surface area contributed by atoms with Crippen LogP contribution in [0.1, 0.15) is 57.8 Å². The van der Waals surface area contributed by atoms with E-state index < -0.39 is 14.4 Å². The summed E-state index contributed by atoms with van der Waals surface area (Å²) < 4.78 is 29.8. The van der Waals surface area contributed by atoms with Gasteiger partial charge in [-0.2, -0.15) is 0 Å². The van der Waals surface area contributed by atoms with Crippen molar-refractivity contribution in [2.24, 2.45) is 0 Å². The van der Waals surface area contributed by atoms with E-state index in [9.17, 15) is 0 Å². The molecule has 0 radical (unpaired) electrons. The molecule has 54 heavy (non-hydrogen) atoms. The van der Waals surface area contributed by atoms with E-state index in [4.69, 9.17) is 15.2 Å². The van der Waals surface area contributed by atoms with Gasteiger partial charge in [-0.05, 0) is 33.4 Å². The summed E-state index contributed by atoms with van der Waals surface area (Å²) in [5.41, 5.74) is 6.76. The summed E-state index contributed by atoms with van der Waals surface area (Å²) in [5.74, 6) is 0. The minimum absolute atomic E-state index is 0. The second-order valence-electron chi connectivity index (χ2n) is 14.1. The van der Waals surface area contributed by atoms with Crippen LogP contribution in [0.2, 0.25) is 0 Å². The maximum Gasteiger partial charge on any atom is 1.00 e. The van der Waals surface area contributed by atoms with E-state index in [1.807, 2.05) is 24.3 Å².